The highest BCUT2D eigenvalue weighted by Gasteiger charge is 2.28. The summed E-state index contributed by atoms with van der Waals surface area (Å²) in [6, 6.07) is 7.45. The second-order valence-electron chi connectivity index (χ2n) is 4.58. The van der Waals surface area contributed by atoms with Gasteiger partial charge in [0, 0.05) is 22.4 Å². The molecule has 0 unspecified atom stereocenters. The number of hydrogen-bond acceptors (Lipinski definition) is 3. The lowest BCUT2D eigenvalue weighted by atomic mass is 10.1. The number of ketones is 1. The largest absolute Gasteiger partial charge is 0.368 e. The third-order valence-electron chi connectivity index (χ3n) is 2.89. The van der Waals surface area contributed by atoms with E-state index in [1.54, 1.807) is 0 Å². The van der Waals surface area contributed by atoms with Crippen LogP contribution in [0.3, 0.4) is 0 Å². The first-order valence-corrected chi connectivity index (χ1v) is 6.28. The second-order valence-corrected chi connectivity index (χ2v) is 5.49. The average Bonchev–Trinajstić information content (AvgIpc) is 2.59. The van der Waals surface area contributed by atoms with Gasteiger partial charge in [-0.25, -0.2) is 0 Å². The number of carbonyl (C=O) groups is 1. The first-order valence-electron chi connectivity index (χ1n) is 5.49. The minimum absolute atomic E-state index is 0.124. The third kappa shape index (κ3) is 2.69. The summed E-state index contributed by atoms with van der Waals surface area (Å²) in [5.41, 5.74) is 0.551. The highest BCUT2D eigenvalue weighted by Crippen LogP contribution is 2.18. The SMILES string of the molecule is CC1(C)NC=CN1CC(=O)c1ccc(Br)cc1. The number of hydrogen-bond donors (Lipinski definition) is 1. The van der Waals surface area contributed by atoms with Crippen LogP contribution in [0.25, 0.3) is 0 Å². The fourth-order valence-corrected chi connectivity index (χ4v) is 2.00. The molecule has 17 heavy (non-hydrogen) atoms. The summed E-state index contributed by atoms with van der Waals surface area (Å²) in [6.45, 7) is 4.47. The van der Waals surface area contributed by atoms with Gasteiger partial charge in [0.1, 0.15) is 5.66 Å². The smallest absolute Gasteiger partial charge is 0.182 e. The van der Waals surface area contributed by atoms with Crippen LogP contribution in [0.4, 0.5) is 0 Å². The normalized spacial score (nSPS) is 17.0. The van der Waals surface area contributed by atoms with E-state index in [0.717, 1.165) is 10.0 Å². The Morgan fingerprint density at radius 1 is 1.35 bits per heavy atom. The molecule has 90 valence electrons. The van der Waals surface area contributed by atoms with Gasteiger partial charge in [0.15, 0.2) is 5.78 Å². The van der Waals surface area contributed by atoms with Gasteiger partial charge >= 0.3 is 0 Å². The van der Waals surface area contributed by atoms with Crippen molar-refractivity contribution < 1.29 is 4.79 Å². The van der Waals surface area contributed by atoms with Gasteiger partial charge in [0.2, 0.25) is 0 Å². The van der Waals surface area contributed by atoms with E-state index in [4.69, 9.17) is 0 Å². The number of halogens is 1. The Morgan fingerprint density at radius 3 is 2.53 bits per heavy atom. The van der Waals surface area contributed by atoms with Crippen LogP contribution in [-0.4, -0.2) is 22.9 Å². The van der Waals surface area contributed by atoms with E-state index >= 15 is 0 Å². The summed E-state index contributed by atoms with van der Waals surface area (Å²) >= 11 is 3.36. The first kappa shape index (κ1) is 12.2. The maximum Gasteiger partial charge on any atom is 0.182 e. The number of nitrogens with zero attached hydrogens (tertiary/aromatic N) is 1. The molecule has 0 fully saturated rings. The fourth-order valence-electron chi connectivity index (χ4n) is 1.73. The standard InChI is InChI=1S/C13H15BrN2O/c1-13(2)15-7-8-16(13)9-12(17)10-3-5-11(14)6-4-10/h3-8,15H,9H2,1-2H3. The Balaban J connectivity index is 2.07. The predicted octanol–water partition coefficient (Wildman–Crippen LogP) is 2.74. The summed E-state index contributed by atoms with van der Waals surface area (Å²) in [7, 11) is 0. The van der Waals surface area contributed by atoms with Crippen LogP contribution >= 0.6 is 15.9 Å². The minimum atomic E-state index is -0.189. The van der Waals surface area contributed by atoms with Gasteiger partial charge in [-0.05, 0) is 26.0 Å². The quantitative estimate of drug-likeness (QED) is 0.870. The van der Waals surface area contributed by atoms with Crippen molar-refractivity contribution in [3.63, 3.8) is 0 Å². The van der Waals surface area contributed by atoms with Gasteiger partial charge in [-0.2, -0.15) is 0 Å². The van der Waals surface area contributed by atoms with Crippen molar-refractivity contribution in [1.82, 2.24) is 10.2 Å². The highest BCUT2D eigenvalue weighted by atomic mass is 79.9. The van der Waals surface area contributed by atoms with Crippen LogP contribution in [0.15, 0.2) is 41.1 Å². The molecule has 1 heterocycles. The molecule has 1 aromatic carbocycles. The summed E-state index contributed by atoms with van der Waals surface area (Å²) in [5.74, 6) is 0.124. The monoisotopic (exact) mass is 294 g/mol. The van der Waals surface area contributed by atoms with Crippen LogP contribution < -0.4 is 5.32 Å². The van der Waals surface area contributed by atoms with Crippen LogP contribution in [-0.2, 0) is 0 Å². The van der Waals surface area contributed by atoms with E-state index in [-0.39, 0.29) is 11.4 Å². The molecule has 0 bridgehead atoms. The molecule has 2 rings (SSSR count). The minimum Gasteiger partial charge on any atom is -0.368 e. The Labute approximate surface area is 110 Å². The topological polar surface area (TPSA) is 32.3 Å². The molecule has 4 heteroatoms. The molecular weight excluding hydrogens is 280 g/mol. The number of nitrogens with one attached hydrogen (secondary N) is 1. The Kier molecular flexibility index (Phi) is 3.24. The summed E-state index contributed by atoms with van der Waals surface area (Å²) in [6.07, 6.45) is 3.78. The van der Waals surface area contributed by atoms with Crippen molar-refractivity contribution in [2.24, 2.45) is 0 Å². The summed E-state index contributed by atoms with van der Waals surface area (Å²) in [5, 5.41) is 3.20. The van der Waals surface area contributed by atoms with Crippen LogP contribution in [0, 0.1) is 0 Å². The van der Waals surface area contributed by atoms with Crippen molar-refractivity contribution >= 4 is 21.7 Å². The van der Waals surface area contributed by atoms with E-state index in [0.29, 0.717) is 6.54 Å². The zero-order valence-corrected chi connectivity index (χ0v) is 11.5. The Hall–Kier alpha value is -1.29. The number of rotatable bonds is 3. The van der Waals surface area contributed by atoms with Crippen molar-refractivity contribution in [3.8, 4) is 0 Å². The van der Waals surface area contributed by atoms with Crippen LogP contribution in [0.5, 0.6) is 0 Å². The van der Waals surface area contributed by atoms with E-state index in [1.165, 1.54) is 0 Å². The number of benzene rings is 1. The third-order valence-corrected chi connectivity index (χ3v) is 3.42. The molecule has 0 aromatic heterocycles. The van der Waals surface area contributed by atoms with Crippen LogP contribution in [0.1, 0.15) is 24.2 Å². The Bertz CT molecular complexity index is 451. The summed E-state index contributed by atoms with van der Waals surface area (Å²) in [4.78, 5) is 14.1. The van der Waals surface area contributed by atoms with Gasteiger partial charge in [-0.3, -0.25) is 4.79 Å². The lowest BCUT2D eigenvalue weighted by Crippen LogP contribution is -2.47. The van der Waals surface area contributed by atoms with Crippen LogP contribution in [0.2, 0.25) is 0 Å². The van der Waals surface area contributed by atoms with Crippen molar-refractivity contribution in [2.75, 3.05) is 6.54 Å². The van der Waals surface area contributed by atoms with E-state index < -0.39 is 0 Å². The van der Waals surface area contributed by atoms with Crippen molar-refractivity contribution in [2.45, 2.75) is 19.5 Å². The molecule has 0 aliphatic carbocycles. The van der Waals surface area contributed by atoms with Gasteiger partial charge in [0.25, 0.3) is 0 Å². The fraction of sp³-hybridized carbons (Fsp3) is 0.308. The zero-order valence-electron chi connectivity index (χ0n) is 9.90. The van der Waals surface area contributed by atoms with Gasteiger partial charge in [-0.15, -0.1) is 0 Å². The molecule has 0 spiro atoms. The molecule has 0 saturated carbocycles. The number of carbonyl (C=O) groups excluding carboxylic acids is 1. The molecule has 0 atom stereocenters. The van der Waals surface area contributed by atoms with Gasteiger partial charge < -0.3 is 10.2 Å². The molecule has 1 aromatic rings. The van der Waals surface area contributed by atoms with E-state index in [1.807, 2.05) is 55.4 Å². The maximum absolute atomic E-state index is 12.1. The van der Waals surface area contributed by atoms with E-state index in [2.05, 4.69) is 21.2 Å². The molecular formula is C13H15BrN2O. The maximum atomic E-state index is 12.1. The highest BCUT2D eigenvalue weighted by molar-refractivity contribution is 9.10. The summed E-state index contributed by atoms with van der Waals surface area (Å²) < 4.78 is 0.983. The molecule has 0 radical (unpaired) electrons. The molecule has 1 N–H and O–H groups in total. The molecule has 1 aliphatic rings. The van der Waals surface area contributed by atoms with Crippen molar-refractivity contribution in [1.29, 1.82) is 0 Å². The van der Waals surface area contributed by atoms with Crippen molar-refractivity contribution in [3.05, 3.63) is 46.7 Å². The van der Waals surface area contributed by atoms with Gasteiger partial charge in [0.05, 0.1) is 6.54 Å². The molecule has 1 aliphatic heterocycles. The van der Waals surface area contributed by atoms with Gasteiger partial charge in [-0.1, -0.05) is 28.1 Å². The number of Topliss-reactive ketones (excluding diaryl/α,β-unsaturated/α-hetero) is 1. The predicted molar refractivity (Wildman–Crippen MR) is 71.5 cm³/mol. The first-order chi connectivity index (χ1) is 7.99. The molecule has 0 saturated heterocycles. The lowest BCUT2D eigenvalue weighted by Gasteiger charge is -2.32. The molecule has 3 nitrogen and oxygen atoms in total. The second kappa shape index (κ2) is 4.53. The lowest BCUT2D eigenvalue weighted by molar-refractivity contribution is 0.0891. The average molecular weight is 295 g/mol. The zero-order chi connectivity index (χ0) is 12.5. The van der Waals surface area contributed by atoms with E-state index in [9.17, 15) is 4.79 Å². The molecule has 0 amide bonds. The Morgan fingerprint density at radius 2 is 2.00 bits per heavy atom.